The lowest BCUT2D eigenvalue weighted by atomic mass is 9.81. The Kier molecular flexibility index (Phi) is 10.6. The van der Waals surface area contributed by atoms with Gasteiger partial charge in [0.25, 0.3) is 0 Å². The molecule has 0 saturated heterocycles. The molecule has 1 fully saturated rings. The Morgan fingerprint density at radius 2 is 1.50 bits per heavy atom. The maximum atomic E-state index is 12.1. The molecule has 30 heavy (non-hydrogen) atoms. The van der Waals surface area contributed by atoms with Crippen LogP contribution in [0, 0.1) is 11.8 Å². The zero-order valence-electron chi connectivity index (χ0n) is 16.9. The van der Waals surface area contributed by atoms with E-state index in [4.69, 9.17) is 28.9 Å². The van der Waals surface area contributed by atoms with Crippen molar-refractivity contribution in [2.24, 2.45) is 17.6 Å². The van der Waals surface area contributed by atoms with Crippen LogP contribution < -0.4 is 21.3 Å². The predicted molar refractivity (Wildman–Crippen MR) is 117 cm³/mol. The fraction of sp³-hybridized carbons (Fsp3) is 0.435. The Morgan fingerprint density at radius 3 is 2.00 bits per heavy atom. The second-order valence-electron chi connectivity index (χ2n) is 7.50. The highest BCUT2D eigenvalue weighted by Gasteiger charge is 2.25. The Morgan fingerprint density at radius 1 is 0.967 bits per heavy atom. The van der Waals surface area contributed by atoms with E-state index < -0.39 is 6.29 Å². The molecule has 0 unspecified atom stereocenters. The van der Waals surface area contributed by atoms with Gasteiger partial charge in [0.2, 0.25) is 5.91 Å². The number of nitrogens with two attached hydrogens (primary N) is 1. The van der Waals surface area contributed by atoms with Crippen LogP contribution in [0.25, 0.3) is 0 Å². The van der Waals surface area contributed by atoms with Crippen LogP contribution in [0.15, 0.2) is 48.5 Å². The number of carbonyl (C=O) groups is 1. The molecule has 0 radical (unpaired) electrons. The van der Waals surface area contributed by atoms with Crippen molar-refractivity contribution in [1.82, 2.24) is 5.32 Å². The average Bonchev–Trinajstić information content (AvgIpc) is 2.76. The van der Waals surface area contributed by atoms with Gasteiger partial charge in [-0.15, -0.1) is 0 Å². The molecule has 2 aromatic rings. The van der Waals surface area contributed by atoms with Crippen LogP contribution in [0.1, 0.15) is 43.1 Å². The smallest absolute Gasteiger partial charge is 0.223 e. The number of hydrogen-bond donors (Lipinski definition) is 2. The Hall–Kier alpha value is -1.63. The fourth-order valence-corrected chi connectivity index (χ4v) is 3.66. The second kappa shape index (κ2) is 12.9. The molecule has 164 valence electrons. The number of amides is 1. The molecule has 0 bridgehead atoms. The molecule has 0 aliphatic heterocycles. The molecule has 3 rings (SSSR count). The lowest BCUT2D eigenvalue weighted by molar-refractivity contribution is -0.668. The minimum Gasteiger partial charge on any atom is -0.862 e. The maximum absolute atomic E-state index is 12.1. The quantitative estimate of drug-likeness (QED) is 0.660. The molecule has 1 aliphatic rings. The summed E-state index contributed by atoms with van der Waals surface area (Å²) < 4.78 is 0. The van der Waals surface area contributed by atoms with E-state index in [0.717, 1.165) is 43.7 Å². The third-order valence-electron chi connectivity index (χ3n) is 5.32. The van der Waals surface area contributed by atoms with Gasteiger partial charge in [-0.25, -0.2) is 0 Å². The number of carbonyl (C=O) groups excluding carboxylic acids is 1. The van der Waals surface area contributed by atoms with Gasteiger partial charge in [-0.2, -0.15) is 6.29 Å². The Bertz CT molecular complexity index is 759. The minimum atomic E-state index is -1.91. The summed E-state index contributed by atoms with van der Waals surface area (Å²) in [7, 11) is 0. The van der Waals surface area contributed by atoms with Gasteiger partial charge in [-0.1, -0.05) is 53.0 Å². The number of nitrogens with one attached hydrogen (secondary N) is 1. The molecule has 2 aromatic carbocycles. The van der Waals surface area contributed by atoms with Gasteiger partial charge in [0, 0.05) is 22.5 Å². The van der Waals surface area contributed by atoms with Gasteiger partial charge in [0.15, 0.2) is 0 Å². The van der Waals surface area contributed by atoms with Gasteiger partial charge in [-0.05, 0) is 74.4 Å². The van der Waals surface area contributed by atoms with Crippen molar-refractivity contribution < 1.29 is 15.0 Å². The van der Waals surface area contributed by atoms with Crippen LogP contribution in [-0.2, 0) is 11.2 Å². The molecule has 1 saturated carbocycles. The highest BCUT2D eigenvalue weighted by molar-refractivity contribution is 6.30. The van der Waals surface area contributed by atoms with Crippen molar-refractivity contribution >= 4 is 29.1 Å². The predicted octanol–water partition coefficient (Wildman–Crippen LogP) is 2.82. The fourth-order valence-electron chi connectivity index (χ4n) is 3.41. The van der Waals surface area contributed by atoms with Crippen molar-refractivity contribution in [2.75, 3.05) is 13.1 Å². The number of benzene rings is 2. The summed E-state index contributed by atoms with van der Waals surface area (Å²) in [5.41, 5.74) is 7.09. The molecular weight excluding hydrogens is 423 g/mol. The Balaban J connectivity index is 0.000000269. The van der Waals surface area contributed by atoms with Crippen LogP contribution in [-0.4, -0.2) is 19.0 Å². The average molecular weight is 451 g/mol. The third kappa shape index (κ3) is 8.62. The largest absolute Gasteiger partial charge is 0.862 e. The van der Waals surface area contributed by atoms with Crippen LogP contribution in [0.2, 0.25) is 10.0 Å². The third-order valence-corrected chi connectivity index (χ3v) is 5.82. The molecule has 1 aliphatic carbocycles. The Labute approximate surface area is 188 Å². The van der Waals surface area contributed by atoms with Crippen LogP contribution in [0.4, 0.5) is 0 Å². The lowest BCUT2D eigenvalue weighted by Crippen LogP contribution is -2.35. The first-order valence-corrected chi connectivity index (χ1v) is 10.9. The van der Waals surface area contributed by atoms with E-state index in [9.17, 15) is 15.0 Å². The second-order valence-corrected chi connectivity index (χ2v) is 8.38. The highest BCUT2D eigenvalue weighted by Crippen LogP contribution is 2.28. The molecule has 1 amide bonds. The van der Waals surface area contributed by atoms with Gasteiger partial charge >= 0.3 is 0 Å². The summed E-state index contributed by atoms with van der Waals surface area (Å²) in [6.45, 7) is 1.45. The summed E-state index contributed by atoms with van der Waals surface area (Å²) >= 11 is 11.4. The number of hydrogen-bond acceptors (Lipinski definition) is 4. The normalized spacial score (nSPS) is 18.5. The van der Waals surface area contributed by atoms with Gasteiger partial charge in [-0.3, -0.25) is 4.79 Å². The first-order valence-electron chi connectivity index (χ1n) is 10.2. The van der Waals surface area contributed by atoms with E-state index in [2.05, 4.69) is 5.32 Å². The monoisotopic (exact) mass is 450 g/mol. The SMILES string of the molecule is NCC1CCC(C(=O)NCCc2ccc(Cl)cc2)CC1.[O-]C([O-])c1ccc(Cl)cc1. The van der Waals surface area contributed by atoms with Crippen molar-refractivity contribution in [3.63, 3.8) is 0 Å². The summed E-state index contributed by atoms with van der Waals surface area (Å²) in [4.78, 5) is 12.1. The van der Waals surface area contributed by atoms with Crippen molar-refractivity contribution in [3.05, 3.63) is 69.7 Å². The van der Waals surface area contributed by atoms with Gasteiger partial charge < -0.3 is 21.3 Å². The van der Waals surface area contributed by atoms with Crippen LogP contribution >= 0.6 is 23.2 Å². The van der Waals surface area contributed by atoms with Crippen LogP contribution in [0.5, 0.6) is 0 Å². The summed E-state index contributed by atoms with van der Waals surface area (Å²) in [6, 6.07) is 13.7. The lowest BCUT2D eigenvalue weighted by Gasteiger charge is -2.28. The molecule has 5 nitrogen and oxygen atoms in total. The van der Waals surface area contributed by atoms with E-state index in [1.807, 2.05) is 24.3 Å². The maximum Gasteiger partial charge on any atom is 0.223 e. The molecular formula is C23H28Cl2N2O3-2. The number of halogens is 2. The summed E-state index contributed by atoms with van der Waals surface area (Å²) in [5, 5.41) is 24.8. The highest BCUT2D eigenvalue weighted by atomic mass is 35.5. The van der Waals surface area contributed by atoms with Crippen molar-refractivity contribution in [1.29, 1.82) is 0 Å². The zero-order chi connectivity index (χ0) is 21.9. The first kappa shape index (κ1) is 24.6. The summed E-state index contributed by atoms with van der Waals surface area (Å²) in [6.07, 6.45) is 3.08. The van der Waals surface area contributed by atoms with Crippen molar-refractivity contribution in [3.8, 4) is 0 Å². The van der Waals surface area contributed by atoms with Gasteiger partial charge in [0.05, 0.1) is 0 Å². The molecule has 7 heteroatoms. The standard InChI is InChI=1S/C16H23ClN2O.C7H5ClO2/c17-15-7-3-12(4-8-15)9-10-19-16(20)14-5-1-13(11-18)2-6-14;8-6-3-1-5(2-4-6)7(9)10/h3-4,7-8,13-14H,1-2,5-6,9-11,18H2,(H,19,20);1-4,7H/q;-2. The first-order chi connectivity index (χ1) is 14.4. The molecule has 0 heterocycles. The molecule has 3 N–H and O–H groups in total. The van der Waals surface area contributed by atoms with E-state index >= 15 is 0 Å². The van der Waals surface area contributed by atoms with Crippen molar-refractivity contribution in [2.45, 2.75) is 38.4 Å². The van der Waals surface area contributed by atoms with Crippen LogP contribution in [0.3, 0.4) is 0 Å². The van der Waals surface area contributed by atoms with E-state index in [1.54, 1.807) is 0 Å². The zero-order valence-corrected chi connectivity index (χ0v) is 18.4. The minimum absolute atomic E-state index is 0.183. The van der Waals surface area contributed by atoms with Gasteiger partial charge in [0.1, 0.15) is 0 Å². The molecule has 0 spiro atoms. The number of rotatable bonds is 6. The van der Waals surface area contributed by atoms with E-state index in [1.165, 1.54) is 29.8 Å². The molecule has 0 atom stereocenters. The topological polar surface area (TPSA) is 101 Å². The van der Waals surface area contributed by atoms with E-state index in [0.29, 0.717) is 17.5 Å². The van der Waals surface area contributed by atoms with E-state index in [-0.39, 0.29) is 17.4 Å². The molecule has 0 aromatic heterocycles. The summed E-state index contributed by atoms with van der Waals surface area (Å²) in [5.74, 6) is 1.01.